The van der Waals surface area contributed by atoms with Gasteiger partial charge in [0, 0.05) is 68.6 Å². The number of benzene rings is 2. The summed E-state index contributed by atoms with van der Waals surface area (Å²) in [6, 6.07) is 19.6. The first-order chi connectivity index (χ1) is 16.6. The van der Waals surface area contributed by atoms with Crippen LogP contribution in [0.25, 0.3) is 10.9 Å². The highest BCUT2D eigenvalue weighted by Gasteiger charge is 2.30. The van der Waals surface area contributed by atoms with Crippen LogP contribution in [-0.2, 0) is 4.74 Å². The third kappa shape index (κ3) is 4.60. The van der Waals surface area contributed by atoms with Gasteiger partial charge < -0.3 is 14.5 Å². The van der Waals surface area contributed by atoms with Crippen LogP contribution in [0.2, 0.25) is 0 Å². The van der Waals surface area contributed by atoms with Gasteiger partial charge in [0.2, 0.25) is 0 Å². The summed E-state index contributed by atoms with van der Waals surface area (Å²) in [6.07, 6.45) is 1.91. The molecule has 0 bridgehead atoms. The van der Waals surface area contributed by atoms with E-state index in [9.17, 15) is 10.1 Å². The number of pyridine rings is 1. The second kappa shape index (κ2) is 9.80. The van der Waals surface area contributed by atoms with Crippen molar-refractivity contribution >= 4 is 22.5 Å². The van der Waals surface area contributed by atoms with Crippen molar-refractivity contribution in [1.82, 2.24) is 14.8 Å². The standard InChI is InChI=1S/C27H29N5O2/c1-20-17-32(25-10-9-22(16-28)26-24(25)8-5-11-29-26)19-23(34-20)18-30-12-14-31(15-13-30)27(33)21-6-3-2-4-7-21/h2-11,20,23H,12-15,17-19H2,1H3/t20-,23-/m1/s1. The Morgan fingerprint density at radius 3 is 2.62 bits per heavy atom. The third-order valence-electron chi connectivity index (χ3n) is 6.68. The van der Waals surface area contributed by atoms with Crippen LogP contribution in [0.15, 0.2) is 60.8 Å². The minimum atomic E-state index is 0.0717. The number of amides is 1. The monoisotopic (exact) mass is 455 g/mol. The molecule has 7 nitrogen and oxygen atoms in total. The summed E-state index contributed by atoms with van der Waals surface area (Å²) in [5, 5.41) is 10.5. The largest absolute Gasteiger partial charge is 0.370 e. The second-order valence-corrected chi connectivity index (χ2v) is 9.08. The van der Waals surface area contributed by atoms with Crippen LogP contribution in [0.4, 0.5) is 5.69 Å². The van der Waals surface area contributed by atoms with Gasteiger partial charge in [-0.25, -0.2) is 0 Å². The van der Waals surface area contributed by atoms with Crippen molar-refractivity contribution in [3.63, 3.8) is 0 Å². The Balaban J connectivity index is 1.24. The number of carbonyl (C=O) groups is 1. The molecule has 2 aliphatic heterocycles. The predicted octanol–water partition coefficient (Wildman–Crippen LogP) is 3.16. The molecule has 2 aromatic carbocycles. The highest BCUT2D eigenvalue weighted by atomic mass is 16.5. The van der Waals surface area contributed by atoms with Gasteiger partial charge in [0.1, 0.15) is 6.07 Å². The van der Waals surface area contributed by atoms with E-state index < -0.39 is 0 Å². The van der Waals surface area contributed by atoms with E-state index in [-0.39, 0.29) is 18.1 Å². The van der Waals surface area contributed by atoms with Gasteiger partial charge in [-0.1, -0.05) is 18.2 Å². The SMILES string of the molecule is C[C@@H]1CN(c2ccc(C#N)c3ncccc23)C[C@@H](CN2CCN(C(=O)c3ccccc3)CC2)O1. The maximum atomic E-state index is 12.7. The van der Waals surface area contributed by atoms with E-state index in [0.29, 0.717) is 5.56 Å². The molecule has 0 spiro atoms. The molecule has 5 rings (SSSR count). The normalized spacial score (nSPS) is 21.4. The van der Waals surface area contributed by atoms with E-state index in [2.05, 4.69) is 27.8 Å². The Hall–Kier alpha value is -3.47. The summed E-state index contributed by atoms with van der Waals surface area (Å²) < 4.78 is 6.31. The van der Waals surface area contributed by atoms with E-state index in [1.54, 1.807) is 6.20 Å². The van der Waals surface area contributed by atoms with E-state index in [1.807, 2.05) is 59.5 Å². The number of piperazine rings is 1. The molecule has 1 amide bonds. The van der Waals surface area contributed by atoms with Crippen LogP contribution >= 0.6 is 0 Å². The van der Waals surface area contributed by atoms with Gasteiger partial charge in [-0.15, -0.1) is 0 Å². The number of ether oxygens (including phenoxy) is 1. The molecule has 1 aromatic heterocycles. The lowest BCUT2D eigenvalue weighted by atomic mass is 10.1. The summed E-state index contributed by atoms with van der Waals surface area (Å²) in [6.45, 7) is 7.67. The van der Waals surface area contributed by atoms with Crippen molar-refractivity contribution in [1.29, 1.82) is 5.26 Å². The molecule has 0 saturated carbocycles. The maximum absolute atomic E-state index is 12.7. The van der Waals surface area contributed by atoms with Gasteiger partial charge in [-0.2, -0.15) is 5.26 Å². The highest BCUT2D eigenvalue weighted by Crippen LogP contribution is 2.30. The number of anilines is 1. The quantitative estimate of drug-likeness (QED) is 0.602. The first-order valence-corrected chi connectivity index (χ1v) is 11.9. The highest BCUT2D eigenvalue weighted by molar-refractivity contribution is 5.95. The number of hydrogen-bond donors (Lipinski definition) is 0. The van der Waals surface area contributed by atoms with Gasteiger partial charge in [-0.05, 0) is 43.3 Å². The van der Waals surface area contributed by atoms with Crippen molar-refractivity contribution in [2.24, 2.45) is 0 Å². The number of aromatic nitrogens is 1. The van der Waals surface area contributed by atoms with Crippen LogP contribution in [-0.4, -0.2) is 78.7 Å². The van der Waals surface area contributed by atoms with Crippen LogP contribution in [0, 0.1) is 11.3 Å². The Labute approximate surface area is 200 Å². The van der Waals surface area contributed by atoms with Gasteiger partial charge in [0.05, 0.1) is 23.3 Å². The molecule has 3 aromatic rings. The molecule has 0 aliphatic carbocycles. The number of hydrogen-bond acceptors (Lipinski definition) is 6. The molecular weight excluding hydrogens is 426 g/mol. The van der Waals surface area contributed by atoms with Crippen LogP contribution < -0.4 is 4.90 Å². The van der Waals surface area contributed by atoms with Gasteiger partial charge in [0.25, 0.3) is 5.91 Å². The fraction of sp³-hybridized carbons (Fsp3) is 0.370. The molecule has 0 N–H and O–H groups in total. The first kappa shape index (κ1) is 22.3. The van der Waals surface area contributed by atoms with Crippen LogP contribution in [0.5, 0.6) is 0 Å². The number of fused-ring (bicyclic) bond motifs is 1. The first-order valence-electron chi connectivity index (χ1n) is 11.9. The van der Waals surface area contributed by atoms with Crippen LogP contribution in [0.3, 0.4) is 0 Å². The van der Waals surface area contributed by atoms with E-state index in [1.165, 1.54) is 0 Å². The minimum Gasteiger partial charge on any atom is -0.370 e. The lowest BCUT2D eigenvalue weighted by molar-refractivity contribution is -0.0368. The third-order valence-corrected chi connectivity index (χ3v) is 6.68. The summed E-state index contributed by atoms with van der Waals surface area (Å²) in [5.74, 6) is 0.107. The van der Waals surface area contributed by atoms with Crippen molar-refractivity contribution < 1.29 is 9.53 Å². The number of morpholine rings is 1. The summed E-state index contributed by atoms with van der Waals surface area (Å²) in [5.41, 5.74) is 3.19. The fourth-order valence-electron chi connectivity index (χ4n) is 5.05. The van der Waals surface area contributed by atoms with Crippen LogP contribution in [0.1, 0.15) is 22.8 Å². The molecule has 7 heteroatoms. The molecule has 2 aliphatic rings. The predicted molar refractivity (Wildman–Crippen MR) is 132 cm³/mol. The van der Waals surface area contributed by atoms with Gasteiger partial charge in [0.15, 0.2) is 0 Å². The Bertz CT molecular complexity index is 1200. The molecule has 174 valence electrons. The Morgan fingerprint density at radius 2 is 1.85 bits per heavy atom. The number of nitrogens with zero attached hydrogens (tertiary/aromatic N) is 5. The van der Waals surface area contributed by atoms with Crippen molar-refractivity contribution in [3.05, 3.63) is 71.9 Å². The zero-order valence-electron chi connectivity index (χ0n) is 19.4. The number of nitriles is 1. The topological polar surface area (TPSA) is 72.7 Å². The van der Waals surface area contributed by atoms with E-state index in [0.717, 1.165) is 68.0 Å². The van der Waals surface area contributed by atoms with Crippen molar-refractivity contribution in [3.8, 4) is 6.07 Å². The van der Waals surface area contributed by atoms with Gasteiger partial charge >= 0.3 is 0 Å². The van der Waals surface area contributed by atoms with Gasteiger partial charge in [-0.3, -0.25) is 14.7 Å². The smallest absolute Gasteiger partial charge is 0.253 e. The Morgan fingerprint density at radius 1 is 1.06 bits per heavy atom. The molecule has 3 heterocycles. The Kier molecular flexibility index (Phi) is 6.43. The number of carbonyl (C=O) groups excluding carboxylic acids is 1. The zero-order valence-corrected chi connectivity index (χ0v) is 19.4. The lowest BCUT2D eigenvalue weighted by Crippen LogP contribution is -2.55. The zero-order chi connectivity index (χ0) is 23.5. The second-order valence-electron chi connectivity index (χ2n) is 9.08. The van der Waals surface area contributed by atoms with E-state index >= 15 is 0 Å². The minimum absolute atomic E-state index is 0.0717. The summed E-state index contributed by atoms with van der Waals surface area (Å²) in [4.78, 5) is 23.9. The fourth-order valence-corrected chi connectivity index (χ4v) is 5.05. The average molecular weight is 456 g/mol. The molecule has 2 atom stereocenters. The van der Waals surface area contributed by atoms with Crippen molar-refractivity contribution in [2.75, 3.05) is 50.7 Å². The number of rotatable bonds is 4. The molecule has 0 unspecified atom stereocenters. The summed E-state index contributed by atoms with van der Waals surface area (Å²) >= 11 is 0. The maximum Gasteiger partial charge on any atom is 0.253 e. The lowest BCUT2D eigenvalue weighted by Gasteiger charge is -2.42. The molecule has 2 fully saturated rings. The summed E-state index contributed by atoms with van der Waals surface area (Å²) in [7, 11) is 0. The molecule has 0 radical (unpaired) electrons. The average Bonchev–Trinajstić information content (AvgIpc) is 2.88. The van der Waals surface area contributed by atoms with Crippen molar-refractivity contribution in [2.45, 2.75) is 19.1 Å². The molecule has 34 heavy (non-hydrogen) atoms. The van der Waals surface area contributed by atoms with E-state index in [4.69, 9.17) is 4.74 Å². The molecule has 2 saturated heterocycles. The molecular formula is C27H29N5O2.